The number of furan rings is 1. The van der Waals surface area contributed by atoms with Crippen LogP contribution >= 0.6 is 11.3 Å². The third kappa shape index (κ3) is 4.71. The van der Waals surface area contributed by atoms with E-state index >= 15 is 0 Å². The highest BCUT2D eigenvalue weighted by molar-refractivity contribution is 7.26. The summed E-state index contributed by atoms with van der Waals surface area (Å²) in [6.45, 7) is 0. The average Bonchev–Trinajstić information content (AvgIpc) is 3.81. The van der Waals surface area contributed by atoms with Crippen LogP contribution in [0, 0.1) is 0 Å². The SMILES string of the molecule is c1ccc(-c2cccc3cccc(-c4ccc(N(c5cccc6oc7c8ccccc8ccc7c56)c5cccc6sc7ccccc7c56)cc4)c23)cc1. The molecule has 0 unspecified atom stereocenters. The predicted octanol–water partition coefficient (Wildman–Crippen LogP) is 15.1. The predicted molar refractivity (Wildman–Crippen MR) is 227 cm³/mol. The highest BCUT2D eigenvalue weighted by atomic mass is 32.1. The van der Waals surface area contributed by atoms with Gasteiger partial charge in [-0.2, -0.15) is 0 Å². The van der Waals surface area contributed by atoms with Gasteiger partial charge in [-0.25, -0.2) is 0 Å². The number of nitrogens with zero attached hydrogens (tertiary/aromatic N) is 1. The van der Waals surface area contributed by atoms with Crippen molar-refractivity contribution >= 4 is 92.1 Å². The van der Waals surface area contributed by atoms with E-state index in [1.54, 1.807) is 0 Å². The maximum atomic E-state index is 6.71. The van der Waals surface area contributed by atoms with Gasteiger partial charge in [-0.15, -0.1) is 11.3 Å². The van der Waals surface area contributed by atoms with E-state index in [1.807, 2.05) is 11.3 Å². The Morgan fingerprint density at radius 2 is 1.00 bits per heavy atom. The van der Waals surface area contributed by atoms with Crippen molar-refractivity contribution in [2.75, 3.05) is 4.90 Å². The molecule has 11 rings (SSSR count). The van der Waals surface area contributed by atoms with Crippen LogP contribution in [-0.4, -0.2) is 0 Å². The van der Waals surface area contributed by atoms with Gasteiger partial charge in [0.25, 0.3) is 0 Å². The monoisotopic (exact) mass is 693 g/mol. The van der Waals surface area contributed by atoms with Crippen LogP contribution in [0.1, 0.15) is 0 Å². The number of benzene rings is 9. The van der Waals surface area contributed by atoms with E-state index in [4.69, 9.17) is 4.42 Å². The van der Waals surface area contributed by atoms with Crippen molar-refractivity contribution in [1.29, 1.82) is 0 Å². The average molecular weight is 694 g/mol. The van der Waals surface area contributed by atoms with Gasteiger partial charge in [-0.1, -0.05) is 140 Å². The fourth-order valence-electron chi connectivity index (χ4n) is 8.30. The molecule has 0 aliphatic carbocycles. The molecule has 9 aromatic carbocycles. The van der Waals surface area contributed by atoms with Crippen LogP contribution in [0.3, 0.4) is 0 Å². The van der Waals surface area contributed by atoms with Crippen LogP contribution in [-0.2, 0) is 0 Å². The van der Waals surface area contributed by atoms with Gasteiger partial charge < -0.3 is 9.32 Å². The molecule has 248 valence electrons. The van der Waals surface area contributed by atoms with Gasteiger partial charge in [0.15, 0.2) is 0 Å². The van der Waals surface area contributed by atoms with E-state index in [0.29, 0.717) is 0 Å². The third-order valence-corrected chi connectivity index (χ3v) is 11.8. The quantitative estimate of drug-likeness (QED) is 0.178. The van der Waals surface area contributed by atoms with Crippen molar-refractivity contribution in [2.45, 2.75) is 0 Å². The molecule has 0 aliphatic rings. The fourth-order valence-corrected chi connectivity index (χ4v) is 9.43. The minimum Gasteiger partial charge on any atom is -0.455 e. The Morgan fingerprint density at radius 3 is 1.81 bits per heavy atom. The summed E-state index contributed by atoms with van der Waals surface area (Å²) in [4.78, 5) is 2.44. The fraction of sp³-hybridized carbons (Fsp3) is 0. The second kappa shape index (κ2) is 11.9. The smallest absolute Gasteiger partial charge is 0.143 e. The molecule has 0 saturated heterocycles. The Balaban J connectivity index is 1.16. The molecule has 2 nitrogen and oxygen atoms in total. The molecule has 2 aromatic heterocycles. The first-order chi connectivity index (χ1) is 26.3. The summed E-state index contributed by atoms with van der Waals surface area (Å²) in [5.74, 6) is 0. The van der Waals surface area contributed by atoms with E-state index in [1.165, 1.54) is 58.6 Å². The Hall–Kier alpha value is -6.68. The highest BCUT2D eigenvalue weighted by Gasteiger charge is 2.23. The lowest BCUT2D eigenvalue weighted by Crippen LogP contribution is -2.10. The number of hydrogen-bond donors (Lipinski definition) is 0. The van der Waals surface area contributed by atoms with Crippen LogP contribution in [0.4, 0.5) is 17.1 Å². The van der Waals surface area contributed by atoms with E-state index in [-0.39, 0.29) is 0 Å². The highest BCUT2D eigenvalue weighted by Crippen LogP contribution is 2.49. The van der Waals surface area contributed by atoms with E-state index in [2.05, 4.69) is 193 Å². The summed E-state index contributed by atoms with van der Waals surface area (Å²) in [6, 6.07) is 67.9. The van der Waals surface area contributed by atoms with Crippen LogP contribution < -0.4 is 4.90 Å². The minimum atomic E-state index is 0.877. The minimum absolute atomic E-state index is 0.877. The second-order valence-electron chi connectivity index (χ2n) is 13.6. The summed E-state index contributed by atoms with van der Waals surface area (Å²) in [5.41, 5.74) is 9.98. The van der Waals surface area contributed by atoms with Crippen LogP contribution in [0.5, 0.6) is 0 Å². The second-order valence-corrected chi connectivity index (χ2v) is 14.7. The lowest BCUT2D eigenvalue weighted by Gasteiger charge is -2.27. The Kier molecular flexibility index (Phi) is 6.76. The van der Waals surface area contributed by atoms with Gasteiger partial charge in [-0.05, 0) is 86.9 Å². The zero-order valence-corrected chi connectivity index (χ0v) is 29.5. The maximum absolute atomic E-state index is 6.71. The van der Waals surface area contributed by atoms with Crippen molar-refractivity contribution in [2.24, 2.45) is 0 Å². The molecule has 0 radical (unpaired) electrons. The Bertz CT molecular complexity index is 3170. The number of thiophene rings is 1. The molecule has 0 fully saturated rings. The maximum Gasteiger partial charge on any atom is 0.143 e. The molecular weight excluding hydrogens is 663 g/mol. The first kappa shape index (κ1) is 30.0. The van der Waals surface area contributed by atoms with Gasteiger partial charge in [0.1, 0.15) is 11.2 Å². The number of fused-ring (bicyclic) bond motifs is 9. The van der Waals surface area contributed by atoms with Crippen LogP contribution in [0.25, 0.3) is 85.9 Å². The first-order valence-corrected chi connectivity index (χ1v) is 18.8. The molecule has 0 amide bonds. The standard InChI is InChI=1S/C50H31NOS/c1-2-12-32(13-3-1)37-19-8-15-35-16-9-20-38(47(35)37)34-26-29-36(30-27-34)51(43-22-11-25-46-49(43)40-18-6-7-24-45(40)53-46)42-21-10-23-44-48(42)41-31-28-33-14-4-5-17-39(33)50(41)52-44/h1-31H. The molecule has 0 aliphatic heterocycles. The summed E-state index contributed by atoms with van der Waals surface area (Å²) < 4.78 is 9.27. The molecule has 11 aromatic rings. The van der Waals surface area contributed by atoms with Gasteiger partial charge >= 0.3 is 0 Å². The molecular formula is C50H31NOS. The molecule has 0 spiro atoms. The first-order valence-electron chi connectivity index (χ1n) is 18.0. The van der Waals surface area contributed by atoms with Crippen LogP contribution in [0.2, 0.25) is 0 Å². The van der Waals surface area contributed by atoms with Crippen molar-refractivity contribution in [3.8, 4) is 22.3 Å². The molecule has 2 heterocycles. The largest absolute Gasteiger partial charge is 0.455 e. The van der Waals surface area contributed by atoms with Crippen molar-refractivity contribution in [1.82, 2.24) is 0 Å². The number of hydrogen-bond acceptors (Lipinski definition) is 3. The molecule has 0 bridgehead atoms. The summed E-state index contributed by atoms with van der Waals surface area (Å²) >= 11 is 1.85. The molecule has 53 heavy (non-hydrogen) atoms. The van der Waals surface area contributed by atoms with Crippen molar-refractivity contribution in [3.05, 3.63) is 188 Å². The Labute approximate surface area is 310 Å². The lowest BCUT2D eigenvalue weighted by molar-refractivity contribution is 0.672. The van der Waals surface area contributed by atoms with Crippen molar-refractivity contribution < 1.29 is 4.42 Å². The van der Waals surface area contributed by atoms with Gasteiger partial charge in [0.2, 0.25) is 0 Å². The lowest BCUT2D eigenvalue weighted by atomic mass is 9.91. The summed E-state index contributed by atoms with van der Waals surface area (Å²) in [7, 11) is 0. The van der Waals surface area contributed by atoms with E-state index in [9.17, 15) is 0 Å². The Morgan fingerprint density at radius 1 is 0.377 bits per heavy atom. The van der Waals surface area contributed by atoms with Crippen molar-refractivity contribution in [3.63, 3.8) is 0 Å². The zero-order valence-electron chi connectivity index (χ0n) is 28.7. The van der Waals surface area contributed by atoms with Gasteiger partial charge in [-0.3, -0.25) is 0 Å². The number of rotatable bonds is 5. The molecule has 0 atom stereocenters. The van der Waals surface area contributed by atoms with E-state index < -0.39 is 0 Å². The molecule has 0 N–H and O–H groups in total. The summed E-state index contributed by atoms with van der Waals surface area (Å²) in [6.07, 6.45) is 0. The van der Waals surface area contributed by atoms with Crippen LogP contribution in [0.15, 0.2) is 192 Å². The molecule has 3 heteroatoms. The topological polar surface area (TPSA) is 16.4 Å². The number of anilines is 3. The van der Waals surface area contributed by atoms with Gasteiger partial charge in [0.05, 0.1) is 16.8 Å². The third-order valence-electron chi connectivity index (χ3n) is 10.7. The summed E-state index contributed by atoms with van der Waals surface area (Å²) in [5, 5.41) is 9.54. The zero-order chi connectivity index (χ0) is 34.9. The molecule has 0 saturated carbocycles. The van der Waals surface area contributed by atoms with Gasteiger partial charge in [0, 0.05) is 36.6 Å². The van der Waals surface area contributed by atoms with E-state index in [0.717, 1.165) is 44.4 Å². The normalized spacial score (nSPS) is 11.8.